The van der Waals surface area contributed by atoms with E-state index in [1.54, 1.807) is 0 Å². The number of amidine groups is 1. The van der Waals surface area contributed by atoms with Crippen LogP contribution in [0.3, 0.4) is 0 Å². The van der Waals surface area contributed by atoms with E-state index in [2.05, 4.69) is 25.8 Å². The summed E-state index contributed by atoms with van der Waals surface area (Å²) in [5.74, 6) is 0.0172. The summed E-state index contributed by atoms with van der Waals surface area (Å²) >= 11 is 6.21. The molecule has 110 valence electrons. The molecule has 20 heavy (non-hydrogen) atoms. The predicted molar refractivity (Wildman–Crippen MR) is 86.9 cm³/mol. The van der Waals surface area contributed by atoms with E-state index in [4.69, 9.17) is 22.7 Å². The molecule has 1 aromatic rings. The molecule has 0 heterocycles. The highest BCUT2D eigenvalue weighted by molar-refractivity contribution is 6.34. The van der Waals surface area contributed by atoms with Crippen LogP contribution in [0.5, 0.6) is 0 Å². The minimum atomic E-state index is 0.0172. The Morgan fingerprint density at radius 1 is 1.35 bits per heavy atom. The van der Waals surface area contributed by atoms with Gasteiger partial charge in [-0.15, -0.1) is 0 Å². The van der Waals surface area contributed by atoms with Crippen LogP contribution in [0.15, 0.2) is 18.2 Å². The fraction of sp³-hybridized carbons (Fsp3) is 0.562. The maximum atomic E-state index is 7.47. The fourth-order valence-electron chi connectivity index (χ4n) is 2.92. The van der Waals surface area contributed by atoms with E-state index in [-0.39, 0.29) is 5.84 Å². The van der Waals surface area contributed by atoms with Gasteiger partial charge in [-0.3, -0.25) is 5.41 Å². The third-order valence-electron chi connectivity index (χ3n) is 4.51. The Labute approximate surface area is 126 Å². The van der Waals surface area contributed by atoms with Crippen LogP contribution >= 0.6 is 11.6 Å². The molecular weight excluding hydrogens is 270 g/mol. The Kier molecular flexibility index (Phi) is 4.28. The summed E-state index contributed by atoms with van der Waals surface area (Å²) < 4.78 is 0. The normalized spacial score (nSPS) is 18.8. The number of nitrogen functional groups attached to an aromatic ring is 1. The van der Waals surface area contributed by atoms with Gasteiger partial charge in [-0.05, 0) is 49.3 Å². The maximum absolute atomic E-state index is 7.47. The third-order valence-corrected chi connectivity index (χ3v) is 4.82. The van der Waals surface area contributed by atoms with E-state index in [0.717, 1.165) is 5.69 Å². The van der Waals surface area contributed by atoms with E-state index in [9.17, 15) is 0 Å². The second kappa shape index (κ2) is 5.65. The zero-order valence-electron chi connectivity index (χ0n) is 12.5. The average Bonchev–Trinajstić information content (AvgIpc) is 2.37. The van der Waals surface area contributed by atoms with Crippen molar-refractivity contribution in [2.24, 2.45) is 11.1 Å². The number of anilines is 1. The number of benzene rings is 1. The number of nitrogens with zero attached hydrogens (tertiary/aromatic N) is 1. The van der Waals surface area contributed by atoms with Gasteiger partial charge >= 0.3 is 0 Å². The topological polar surface area (TPSA) is 53.1 Å². The molecule has 0 aliphatic heterocycles. The molecule has 0 saturated heterocycles. The molecular formula is C16H24ClN3. The van der Waals surface area contributed by atoms with Crippen LogP contribution in [-0.4, -0.2) is 18.9 Å². The summed E-state index contributed by atoms with van der Waals surface area (Å²) in [7, 11) is 2.13. The van der Waals surface area contributed by atoms with Crippen molar-refractivity contribution in [1.82, 2.24) is 0 Å². The molecule has 3 N–H and O–H groups in total. The quantitative estimate of drug-likeness (QED) is 0.653. The summed E-state index contributed by atoms with van der Waals surface area (Å²) in [5.41, 5.74) is 7.69. The lowest BCUT2D eigenvalue weighted by molar-refractivity contribution is 0.222. The van der Waals surface area contributed by atoms with Crippen molar-refractivity contribution in [3.63, 3.8) is 0 Å². The summed E-state index contributed by atoms with van der Waals surface area (Å²) in [6, 6.07) is 6.33. The standard InChI is InChI=1S/C16H24ClN3/c1-16(2)8-6-11(7-9-16)20(3)12-4-5-13(15(18)19)14(17)10-12/h4-5,10-11H,6-9H2,1-3H3,(H3,18,19). The summed E-state index contributed by atoms with van der Waals surface area (Å²) in [4.78, 5) is 2.31. The lowest BCUT2D eigenvalue weighted by Crippen LogP contribution is -2.37. The molecule has 0 spiro atoms. The van der Waals surface area contributed by atoms with Gasteiger partial charge in [0.25, 0.3) is 0 Å². The molecule has 0 atom stereocenters. The molecule has 0 unspecified atom stereocenters. The first-order valence-corrected chi connectivity index (χ1v) is 7.55. The summed E-state index contributed by atoms with van der Waals surface area (Å²) in [5, 5.41) is 8.03. The Morgan fingerprint density at radius 2 is 1.95 bits per heavy atom. The van der Waals surface area contributed by atoms with Crippen LogP contribution in [0.2, 0.25) is 5.02 Å². The Balaban J connectivity index is 2.12. The molecule has 3 nitrogen and oxygen atoms in total. The average molecular weight is 294 g/mol. The van der Waals surface area contributed by atoms with Gasteiger partial charge in [-0.2, -0.15) is 0 Å². The maximum Gasteiger partial charge on any atom is 0.124 e. The smallest absolute Gasteiger partial charge is 0.124 e. The van der Waals surface area contributed by atoms with Gasteiger partial charge in [-0.1, -0.05) is 25.4 Å². The van der Waals surface area contributed by atoms with Gasteiger partial charge < -0.3 is 10.6 Å². The molecule has 4 heteroatoms. The lowest BCUT2D eigenvalue weighted by atomic mass is 9.75. The van der Waals surface area contributed by atoms with Crippen molar-refractivity contribution in [3.8, 4) is 0 Å². The molecule has 1 aliphatic rings. The number of hydrogen-bond donors (Lipinski definition) is 2. The molecule has 1 aliphatic carbocycles. The van der Waals surface area contributed by atoms with Crippen LogP contribution in [0.4, 0.5) is 5.69 Å². The van der Waals surface area contributed by atoms with Gasteiger partial charge in [0, 0.05) is 24.3 Å². The van der Waals surface area contributed by atoms with Crippen LogP contribution < -0.4 is 10.6 Å². The minimum Gasteiger partial charge on any atom is -0.384 e. The monoisotopic (exact) mass is 293 g/mol. The van der Waals surface area contributed by atoms with Crippen molar-refractivity contribution in [2.45, 2.75) is 45.6 Å². The van der Waals surface area contributed by atoms with Gasteiger partial charge in [-0.25, -0.2) is 0 Å². The highest BCUT2D eigenvalue weighted by Crippen LogP contribution is 2.38. The number of nitrogens with one attached hydrogen (secondary N) is 1. The third kappa shape index (κ3) is 3.26. The Morgan fingerprint density at radius 3 is 2.45 bits per heavy atom. The van der Waals surface area contributed by atoms with Gasteiger partial charge in [0.15, 0.2) is 0 Å². The summed E-state index contributed by atoms with van der Waals surface area (Å²) in [6.07, 6.45) is 4.97. The zero-order chi connectivity index (χ0) is 14.9. The first-order valence-electron chi connectivity index (χ1n) is 7.17. The highest BCUT2D eigenvalue weighted by atomic mass is 35.5. The fourth-order valence-corrected chi connectivity index (χ4v) is 3.20. The number of rotatable bonds is 3. The van der Waals surface area contributed by atoms with Crippen molar-refractivity contribution in [3.05, 3.63) is 28.8 Å². The van der Waals surface area contributed by atoms with Gasteiger partial charge in [0.1, 0.15) is 5.84 Å². The number of nitrogens with two attached hydrogens (primary N) is 1. The molecule has 0 aromatic heterocycles. The van der Waals surface area contributed by atoms with Crippen molar-refractivity contribution in [1.29, 1.82) is 5.41 Å². The van der Waals surface area contributed by atoms with E-state index in [1.165, 1.54) is 25.7 Å². The van der Waals surface area contributed by atoms with Crippen LogP contribution in [0.25, 0.3) is 0 Å². The summed E-state index contributed by atoms with van der Waals surface area (Å²) in [6.45, 7) is 4.70. The Bertz CT molecular complexity index is 500. The van der Waals surface area contributed by atoms with E-state index in [0.29, 0.717) is 22.0 Å². The van der Waals surface area contributed by atoms with Crippen LogP contribution in [0, 0.1) is 10.8 Å². The van der Waals surface area contributed by atoms with Crippen molar-refractivity contribution in [2.75, 3.05) is 11.9 Å². The molecule has 0 radical (unpaired) electrons. The molecule has 2 rings (SSSR count). The Hall–Kier alpha value is -1.22. The SMILES string of the molecule is CN(c1ccc(C(=N)N)c(Cl)c1)C1CCC(C)(C)CC1. The second-order valence-electron chi connectivity index (χ2n) is 6.58. The largest absolute Gasteiger partial charge is 0.384 e. The van der Waals surface area contributed by atoms with Gasteiger partial charge in [0.2, 0.25) is 0 Å². The number of hydrogen-bond acceptors (Lipinski definition) is 2. The first kappa shape index (κ1) is 15.2. The predicted octanol–water partition coefficient (Wildman–Crippen LogP) is 4.03. The highest BCUT2D eigenvalue weighted by Gasteiger charge is 2.29. The first-order chi connectivity index (χ1) is 9.30. The second-order valence-corrected chi connectivity index (χ2v) is 6.99. The zero-order valence-corrected chi connectivity index (χ0v) is 13.3. The van der Waals surface area contributed by atoms with E-state index < -0.39 is 0 Å². The van der Waals surface area contributed by atoms with Gasteiger partial charge in [0.05, 0.1) is 5.02 Å². The molecule has 1 fully saturated rings. The van der Waals surface area contributed by atoms with E-state index >= 15 is 0 Å². The van der Waals surface area contributed by atoms with Crippen molar-refractivity contribution < 1.29 is 0 Å². The molecule has 1 saturated carbocycles. The molecule has 0 bridgehead atoms. The molecule has 0 amide bonds. The lowest BCUT2D eigenvalue weighted by Gasteiger charge is -2.39. The van der Waals surface area contributed by atoms with Crippen molar-refractivity contribution >= 4 is 23.1 Å². The number of halogens is 1. The molecule has 1 aromatic carbocycles. The van der Waals surface area contributed by atoms with Crippen LogP contribution in [-0.2, 0) is 0 Å². The van der Waals surface area contributed by atoms with Crippen LogP contribution in [0.1, 0.15) is 45.1 Å². The minimum absolute atomic E-state index is 0.0172. The van der Waals surface area contributed by atoms with E-state index in [1.807, 2.05) is 18.2 Å².